The Kier molecular flexibility index (Phi) is 5.90. The van der Waals surface area contributed by atoms with Crippen molar-refractivity contribution in [2.75, 3.05) is 19.7 Å². The first-order valence-corrected chi connectivity index (χ1v) is 11.5. The van der Waals surface area contributed by atoms with E-state index in [9.17, 15) is 9.90 Å². The van der Waals surface area contributed by atoms with Crippen LogP contribution in [-0.2, 0) is 16.0 Å². The van der Waals surface area contributed by atoms with Crippen LogP contribution in [0.1, 0.15) is 31.5 Å². The molecule has 174 valence electrons. The Balaban J connectivity index is 1.50. The number of hydrogen-bond donors (Lipinski definition) is 4. The maximum atomic E-state index is 12.4. The second-order valence-corrected chi connectivity index (χ2v) is 8.28. The van der Waals surface area contributed by atoms with Crippen molar-refractivity contribution in [1.29, 1.82) is 0 Å². The molecular formula is C26H27N5O3. The molecule has 0 unspecified atom stereocenters. The third kappa shape index (κ3) is 3.97. The average Bonchev–Trinajstić information content (AvgIpc) is 3.51. The number of nitrogens with one attached hydrogen (secondary N) is 3. The highest BCUT2D eigenvalue weighted by atomic mass is 16.5. The number of carbonyl (C=O) groups is 1. The van der Waals surface area contributed by atoms with E-state index in [1.165, 1.54) is 0 Å². The van der Waals surface area contributed by atoms with Gasteiger partial charge in [0, 0.05) is 11.9 Å². The molecule has 2 aromatic heterocycles. The number of phenols is 1. The van der Waals surface area contributed by atoms with Gasteiger partial charge in [0.1, 0.15) is 11.4 Å². The van der Waals surface area contributed by atoms with Crippen molar-refractivity contribution >= 4 is 22.4 Å². The summed E-state index contributed by atoms with van der Waals surface area (Å²) in [6, 6.07) is 11.6. The number of rotatable bonds is 6. The number of aromatic amines is 2. The molecule has 0 saturated heterocycles. The van der Waals surface area contributed by atoms with Gasteiger partial charge < -0.3 is 20.1 Å². The molecule has 0 fully saturated rings. The number of imidazole rings is 1. The lowest BCUT2D eigenvalue weighted by Gasteiger charge is -2.19. The molecule has 5 rings (SSSR count). The minimum absolute atomic E-state index is 0.272. The quantitative estimate of drug-likeness (QED) is 0.323. The summed E-state index contributed by atoms with van der Waals surface area (Å²) in [6.45, 7) is 5.49. The van der Waals surface area contributed by atoms with Gasteiger partial charge in [0.2, 0.25) is 0 Å². The number of H-pyrrole nitrogens is 2. The second-order valence-electron chi connectivity index (χ2n) is 8.28. The summed E-state index contributed by atoms with van der Waals surface area (Å²) in [5, 5.41) is 21.7. The number of aromatic hydroxyl groups is 1. The smallest absolute Gasteiger partial charge is 0.335 e. The molecule has 2 aromatic carbocycles. The largest absolute Gasteiger partial charge is 0.508 e. The standard InChI is InChI=1S/C26H27N5O3/c1-3-15-11-17(32)6-8-18(15)16-5-7-20-22(12-16)30-31-24(20)25-28-14-23(29-25)19-9-10-27-13-21(19)26(33)34-4-2/h5-8,11-12,14,27,32H,3-4,9-10,13H2,1-2H3,(H,28,29)(H,30,31). The van der Waals surface area contributed by atoms with Crippen LogP contribution >= 0.6 is 0 Å². The fourth-order valence-corrected chi connectivity index (χ4v) is 4.51. The Morgan fingerprint density at radius 1 is 1.18 bits per heavy atom. The molecule has 1 aliphatic heterocycles. The molecule has 0 bridgehead atoms. The summed E-state index contributed by atoms with van der Waals surface area (Å²) < 4.78 is 5.24. The molecule has 0 radical (unpaired) electrons. The summed E-state index contributed by atoms with van der Waals surface area (Å²) >= 11 is 0. The number of aryl methyl sites for hydroxylation is 1. The van der Waals surface area contributed by atoms with Gasteiger partial charge in [-0.05, 0) is 72.8 Å². The van der Waals surface area contributed by atoms with Crippen LogP contribution < -0.4 is 5.32 Å². The fraction of sp³-hybridized carbons (Fsp3) is 0.269. The summed E-state index contributed by atoms with van der Waals surface area (Å²) in [4.78, 5) is 20.3. The van der Waals surface area contributed by atoms with Gasteiger partial charge >= 0.3 is 5.97 Å². The highest BCUT2D eigenvalue weighted by molar-refractivity contribution is 5.99. The number of esters is 1. The van der Waals surface area contributed by atoms with E-state index in [1.54, 1.807) is 12.3 Å². The van der Waals surface area contributed by atoms with Gasteiger partial charge in [-0.15, -0.1) is 0 Å². The van der Waals surface area contributed by atoms with Crippen molar-refractivity contribution in [3.63, 3.8) is 0 Å². The number of hydrogen-bond acceptors (Lipinski definition) is 6. The number of nitrogens with zero attached hydrogens (tertiary/aromatic N) is 2. The second kappa shape index (κ2) is 9.15. The van der Waals surface area contributed by atoms with Crippen LogP contribution in [0.5, 0.6) is 5.75 Å². The first kappa shape index (κ1) is 21.9. The van der Waals surface area contributed by atoms with Gasteiger partial charge in [-0.2, -0.15) is 5.10 Å². The molecule has 4 N–H and O–H groups in total. The topological polar surface area (TPSA) is 116 Å². The predicted octanol–water partition coefficient (Wildman–Crippen LogP) is 4.20. The minimum Gasteiger partial charge on any atom is -0.508 e. The van der Waals surface area contributed by atoms with Crippen LogP contribution in [0.3, 0.4) is 0 Å². The van der Waals surface area contributed by atoms with Crippen LogP contribution in [0.2, 0.25) is 0 Å². The van der Waals surface area contributed by atoms with Crippen molar-refractivity contribution in [2.45, 2.75) is 26.7 Å². The van der Waals surface area contributed by atoms with Crippen LogP contribution in [0.25, 0.3) is 39.1 Å². The predicted molar refractivity (Wildman–Crippen MR) is 131 cm³/mol. The number of ether oxygens (including phenoxy) is 1. The maximum Gasteiger partial charge on any atom is 0.335 e. The highest BCUT2D eigenvalue weighted by Gasteiger charge is 2.23. The number of phenolic OH excluding ortho intramolecular Hbond substituents is 1. The zero-order valence-corrected chi connectivity index (χ0v) is 19.2. The molecule has 1 aliphatic rings. The summed E-state index contributed by atoms with van der Waals surface area (Å²) in [5.74, 6) is 0.621. The number of carbonyl (C=O) groups excluding carboxylic acids is 1. The van der Waals surface area contributed by atoms with Gasteiger partial charge in [-0.25, -0.2) is 9.78 Å². The molecule has 4 aromatic rings. The van der Waals surface area contributed by atoms with E-state index in [-0.39, 0.29) is 11.7 Å². The van der Waals surface area contributed by atoms with Crippen molar-refractivity contribution in [3.8, 4) is 28.4 Å². The lowest BCUT2D eigenvalue weighted by molar-refractivity contribution is -0.138. The Morgan fingerprint density at radius 3 is 2.88 bits per heavy atom. The molecule has 8 heteroatoms. The molecular weight excluding hydrogens is 430 g/mol. The van der Waals surface area contributed by atoms with Crippen molar-refractivity contribution in [2.24, 2.45) is 0 Å². The third-order valence-electron chi connectivity index (χ3n) is 6.21. The highest BCUT2D eigenvalue weighted by Crippen LogP contribution is 2.33. The minimum atomic E-state index is -0.292. The maximum absolute atomic E-state index is 12.4. The van der Waals surface area contributed by atoms with Crippen LogP contribution in [-0.4, -0.2) is 50.9 Å². The van der Waals surface area contributed by atoms with E-state index in [0.717, 1.165) is 57.5 Å². The first-order chi connectivity index (χ1) is 16.6. The summed E-state index contributed by atoms with van der Waals surface area (Å²) in [7, 11) is 0. The lowest BCUT2D eigenvalue weighted by atomic mass is 9.97. The molecule has 0 atom stereocenters. The van der Waals surface area contributed by atoms with Crippen LogP contribution in [0, 0.1) is 0 Å². The molecule has 3 heterocycles. The van der Waals surface area contributed by atoms with E-state index < -0.39 is 0 Å². The van der Waals surface area contributed by atoms with Gasteiger partial charge in [-0.3, -0.25) is 5.10 Å². The summed E-state index contributed by atoms with van der Waals surface area (Å²) in [6.07, 6.45) is 3.30. The number of fused-ring (bicyclic) bond motifs is 1. The fourth-order valence-electron chi connectivity index (χ4n) is 4.51. The molecule has 0 saturated carbocycles. The van der Waals surface area contributed by atoms with Crippen LogP contribution in [0.15, 0.2) is 48.2 Å². The van der Waals surface area contributed by atoms with Crippen LogP contribution in [0.4, 0.5) is 0 Å². The molecule has 0 spiro atoms. The molecule has 0 aliphatic carbocycles. The van der Waals surface area contributed by atoms with E-state index >= 15 is 0 Å². The van der Waals surface area contributed by atoms with Crippen molar-refractivity contribution in [1.82, 2.24) is 25.5 Å². The van der Waals surface area contributed by atoms with Gasteiger partial charge in [-0.1, -0.05) is 19.1 Å². The SMILES string of the molecule is CCOC(=O)C1=C(c2cnc(-c3n[nH]c4cc(-c5ccc(O)cc5CC)ccc34)[nH]2)CCNC1. The van der Waals surface area contributed by atoms with E-state index in [0.29, 0.717) is 31.0 Å². The van der Waals surface area contributed by atoms with E-state index in [2.05, 4.69) is 44.5 Å². The number of benzene rings is 2. The molecule has 8 nitrogen and oxygen atoms in total. The summed E-state index contributed by atoms with van der Waals surface area (Å²) in [5.41, 5.74) is 7.22. The van der Waals surface area contributed by atoms with E-state index in [4.69, 9.17) is 4.74 Å². The number of aromatic nitrogens is 4. The zero-order valence-electron chi connectivity index (χ0n) is 19.2. The third-order valence-corrected chi connectivity index (χ3v) is 6.21. The van der Waals surface area contributed by atoms with Crippen molar-refractivity contribution < 1.29 is 14.6 Å². The molecule has 34 heavy (non-hydrogen) atoms. The monoisotopic (exact) mass is 457 g/mol. The zero-order chi connectivity index (χ0) is 23.7. The van der Waals surface area contributed by atoms with E-state index in [1.807, 2.05) is 25.1 Å². The first-order valence-electron chi connectivity index (χ1n) is 11.5. The van der Waals surface area contributed by atoms with Gasteiger partial charge in [0.25, 0.3) is 0 Å². The van der Waals surface area contributed by atoms with Crippen molar-refractivity contribution in [3.05, 3.63) is 59.4 Å². The lowest BCUT2D eigenvalue weighted by Crippen LogP contribution is -2.29. The Bertz CT molecular complexity index is 1400. The Hall–Kier alpha value is -3.91. The van der Waals surface area contributed by atoms with Gasteiger partial charge in [0.15, 0.2) is 5.82 Å². The Morgan fingerprint density at radius 2 is 2.06 bits per heavy atom. The Labute approximate surface area is 197 Å². The normalized spacial score (nSPS) is 14.1. The molecule has 0 amide bonds. The van der Waals surface area contributed by atoms with Gasteiger partial charge in [0.05, 0.1) is 29.6 Å². The average molecular weight is 458 g/mol.